The highest BCUT2D eigenvalue weighted by Crippen LogP contribution is 2.35. The summed E-state index contributed by atoms with van der Waals surface area (Å²) in [6.07, 6.45) is 3.86. The van der Waals surface area contributed by atoms with Crippen LogP contribution in [-0.4, -0.2) is 58.6 Å². The summed E-state index contributed by atoms with van der Waals surface area (Å²) in [4.78, 5) is 28.2. The van der Waals surface area contributed by atoms with Gasteiger partial charge in [-0.2, -0.15) is 0 Å². The van der Waals surface area contributed by atoms with Gasteiger partial charge in [0.2, 0.25) is 0 Å². The molecule has 4 aliphatic rings. The van der Waals surface area contributed by atoms with Gasteiger partial charge >= 0.3 is 17.8 Å². The molecule has 0 N–H and O–H groups in total. The normalized spacial score (nSPS) is 23.9. The molecule has 4 aliphatic heterocycles. The summed E-state index contributed by atoms with van der Waals surface area (Å²) < 4.78 is 11.3. The number of nitrogens with zero attached hydrogens (tertiary/aromatic N) is 4. The van der Waals surface area contributed by atoms with Gasteiger partial charge in [-0.1, -0.05) is 24.1 Å². The number of ether oxygens (including phenoxy) is 2. The number of hydrogen-bond donors (Lipinski definition) is 0. The molecular formula is C23H20N4O4. The van der Waals surface area contributed by atoms with E-state index in [1.807, 2.05) is 52.3 Å². The van der Waals surface area contributed by atoms with E-state index in [0.29, 0.717) is 24.6 Å². The lowest BCUT2D eigenvalue weighted by molar-refractivity contribution is -0.274. The number of esters is 2. The summed E-state index contributed by atoms with van der Waals surface area (Å²) in [6, 6.07) is 13.5. The van der Waals surface area contributed by atoms with E-state index < -0.39 is 17.8 Å². The Labute approximate surface area is 179 Å². The largest absolute Gasteiger partial charge is 0.403 e. The van der Waals surface area contributed by atoms with Crippen molar-refractivity contribution in [1.29, 1.82) is 0 Å². The molecule has 0 atom stereocenters. The number of carbonyl (C=O) groups is 2. The molecule has 31 heavy (non-hydrogen) atoms. The molecule has 8 nitrogen and oxygen atoms in total. The molecule has 0 unspecified atom stereocenters. The first-order valence-corrected chi connectivity index (χ1v) is 10.2. The molecule has 2 aromatic rings. The van der Waals surface area contributed by atoms with Crippen molar-refractivity contribution in [2.24, 2.45) is 0 Å². The summed E-state index contributed by atoms with van der Waals surface area (Å²) in [5.41, 5.74) is 1.46. The van der Waals surface area contributed by atoms with Gasteiger partial charge in [0.1, 0.15) is 12.2 Å². The maximum atomic E-state index is 12.1. The number of anilines is 1. The lowest BCUT2D eigenvalue weighted by Crippen LogP contribution is -2.58. The third-order valence-electron chi connectivity index (χ3n) is 5.69. The molecule has 3 saturated heterocycles. The fourth-order valence-corrected chi connectivity index (χ4v) is 4.17. The van der Waals surface area contributed by atoms with Crippen LogP contribution in [0.4, 0.5) is 5.82 Å². The fourth-order valence-electron chi connectivity index (χ4n) is 4.17. The van der Waals surface area contributed by atoms with E-state index in [0.717, 1.165) is 30.6 Å². The topological polar surface area (TPSA) is 84.9 Å². The van der Waals surface area contributed by atoms with Crippen molar-refractivity contribution in [3.05, 3.63) is 65.9 Å². The minimum Gasteiger partial charge on any atom is -0.403 e. The second kappa shape index (κ2) is 7.85. The van der Waals surface area contributed by atoms with E-state index in [1.54, 1.807) is 0 Å². The van der Waals surface area contributed by atoms with E-state index in [1.165, 1.54) is 0 Å². The van der Waals surface area contributed by atoms with Crippen LogP contribution in [0.3, 0.4) is 0 Å². The van der Waals surface area contributed by atoms with Gasteiger partial charge in [0.25, 0.3) is 0 Å². The van der Waals surface area contributed by atoms with E-state index >= 15 is 0 Å². The van der Waals surface area contributed by atoms with Crippen LogP contribution < -0.4 is 4.90 Å². The van der Waals surface area contributed by atoms with Crippen LogP contribution in [0.25, 0.3) is 0 Å². The Hall–Kier alpha value is -3.70. The quantitative estimate of drug-likeness (QED) is 0.511. The Morgan fingerprint density at radius 3 is 2.26 bits per heavy atom. The summed E-state index contributed by atoms with van der Waals surface area (Å²) in [7, 11) is 0. The number of carbonyl (C=O) groups excluding carboxylic acids is 2. The molecule has 156 valence electrons. The van der Waals surface area contributed by atoms with Gasteiger partial charge in [0.05, 0.1) is 0 Å². The summed E-state index contributed by atoms with van der Waals surface area (Å²) in [6.45, 7) is 1.46. The SMILES string of the molecule is O=C1C=CC(=O)OC2(CN(c3ccc(C#Cc4ccccc4)nn3)C3CCN2CC3)O1. The molecule has 5 heterocycles. The predicted octanol–water partition coefficient (Wildman–Crippen LogP) is 1.47. The molecule has 3 fully saturated rings. The van der Waals surface area contributed by atoms with Gasteiger partial charge in [0, 0.05) is 36.8 Å². The van der Waals surface area contributed by atoms with Crippen LogP contribution in [-0.2, 0) is 19.1 Å². The minimum absolute atomic E-state index is 0.167. The van der Waals surface area contributed by atoms with Crippen LogP contribution in [0.1, 0.15) is 24.1 Å². The van der Waals surface area contributed by atoms with Gasteiger partial charge in [-0.05, 0) is 43.0 Å². The number of rotatable bonds is 1. The monoisotopic (exact) mass is 416 g/mol. The highest BCUT2D eigenvalue weighted by molar-refractivity contribution is 5.93. The van der Waals surface area contributed by atoms with Gasteiger partial charge in [-0.3, -0.25) is 0 Å². The molecule has 8 heteroatoms. The van der Waals surface area contributed by atoms with Crippen molar-refractivity contribution in [3.63, 3.8) is 0 Å². The van der Waals surface area contributed by atoms with E-state index in [4.69, 9.17) is 9.47 Å². The second-order valence-corrected chi connectivity index (χ2v) is 7.63. The van der Waals surface area contributed by atoms with Crippen molar-refractivity contribution in [2.75, 3.05) is 24.5 Å². The summed E-state index contributed by atoms with van der Waals surface area (Å²) >= 11 is 0. The maximum absolute atomic E-state index is 12.1. The van der Waals surface area contributed by atoms with Gasteiger partial charge in [-0.15, -0.1) is 10.2 Å². The first-order chi connectivity index (χ1) is 15.1. The van der Waals surface area contributed by atoms with E-state index in [9.17, 15) is 9.59 Å². The number of aromatic nitrogens is 2. The molecule has 0 radical (unpaired) electrons. The highest BCUT2D eigenvalue weighted by atomic mass is 16.8. The lowest BCUT2D eigenvalue weighted by atomic mass is 10.1. The second-order valence-electron chi connectivity index (χ2n) is 7.63. The molecule has 1 aromatic heterocycles. The number of benzene rings is 1. The third-order valence-corrected chi connectivity index (χ3v) is 5.69. The Kier molecular flexibility index (Phi) is 4.88. The van der Waals surface area contributed by atoms with Crippen molar-refractivity contribution in [1.82, 2.24) is 15.1 Å². The third kappa shape index (κ3) is 3.88. The molecular weight excluding hydrogens is 396 g/mol. The van der Waals surface area contributed by atoms with E-state index in [-0.39, 0.29) is 12.6 Å². The van der Waals surface area contributed by atoms with Crippen LogP contribution >= 0.6 is 0 Å². The zero-order valence-electron chi connectivity index (χ0n) is 16.7. The van der Waals surface area contributed by atoms with Crippen LogP contribution in [0.5, 0.6) is 0 Å². The predicted molar refractivity (Wildman–Crippen MR) is 110 cm³/mol. The van der Waals surface area contributed by atoms with Crippen molar-refractivity contribution < 1.29 is 19.1 Å². The smallest absolute Gasteiger partial charge is 0.339 e. The Morgan fingerprint density at radius 1 is 0.903 bits per heavy atom. The summed E-state index contributed by atoms with van der Waals surface area (Å²) in [5, 5.41) is 8.63. The number of hydrogen-bond acceptors (Lipinski definition) is 8. The average Bonchev–Trinajstić information content (AvgIpc) is 3.11. The molecule has 6 rings (SSSR count). The zero-order valence-corrected chi connectivity index (χ0v) is 16.7. The van der Waals surface area contributed by atoms with Crippen LogP contribution in [0, 0.1) is 11.8 Å². The lowest BCUT2D eigenvalue weighted by Gasteiger charge is -2.39. The average molecular weight is 416 g/mol. The van der Waals surface area contributed by atoms with Gasteiger partial charge < -0.3 is 14.4 Å². The zero-order chi connectivity index (χ0) is 21.3. The van der Waals surface area contributed by atoms with Crippen LogP contribution in [0.2, 0.25) is 0 Å². The Balaban J connectivity index is 1.42. The standard InChI is InChI=1S/C23H20N4O4/c28-21-10-11-22(29)31-23(30-21)16-27(19-12-14-26(23)15-13-19)20-9-8-18(24-25-20)7-6-17-4-2-1-3-5-17/h1-5,8-11,19H,12-16H2. The molecule has 0 saturated carbocycles. The molecule has 0 amide bonds. The van der Waals surface area contributed by atoms with Crippen LogP contribution in [0.15, 0.2) is 54.6 Å². The van der Waals surface area contributed by atoms with E-state index in [2.05, 4.69) is 22.0 Å². The van der Waals surface area contributed by atoms with Gasteiger partial charge in [-0.25, -0.2) is 14.5 Å². The molecule has 1 aromatic carbocycles. The summed E-state index contributed by atoms with van der Waals surface area (Å²) in [5.74, 6) is 4.03. The molecule has 0 aliphatic carbocycles. The maximum Gasteiger partial charge on any atom is 0.339 e. The van der Waals surface area contributed by atoms with Crippen molar-refractivity contribution in [2.45, 2.75) is 24.8 Å². The first-order valence-electron chi connectivity index (χ1n) is 10.2. The number of piperidine rings is 1. The first kappa shape index (κ1) is 19.3. The van der Waals surface area contributed by atoms with Gasteiger partial charge in [0.15, 0.2) is 5.82 Å². The molecule has 1 spiro atoms. The fraction of sp³-hybridized carbons (Fsp3) is 0.304. The Bertz CT molecular complexity index is 1060. The molecule has 2 bridgehead atoms. The van der Waals surface area contributed by atoms with Crippen molar-refractivity contribution >= 4 is 17.8 Å². The highest BCUT2D eigenvalue weighted by Gasteiger charge is 2.52. The minimum atomic E-state index is -1.48. The number of fused-ring (bicyclic) bond motifs is 3. The Morgan fingerprint density at radius 2 is 1.61 bits per heavy atom. The van der Waals surface area contributed by atoms with Crippen molar-refractivity contribution in [3.8, 4) is 11.8 Å².